The Morgan fingerprint density at radius 3 is 2.67 bits per heavy atom. The van der Waals surface area contributed by atoms with Crippen LogP contribution in [0.4, 0.5) is 11.5 Å². The van der Waals surface area contributed by atoms with Crippen molar-refractivity contribution in [1.29, 1.82) is 0 Å². The number of nitrogen functional groups attached to an aromatic ring is 1. The normalized spacial score (nSPS) is 9.92. The van der Waals surface area contributed by atoms with Crippen LogP contribution in [0.1, 0.15) is 5.82 Å². The Bertz CT molecular complexity index is 342. The molecule has 0 aliphatic heterocycles. The van der Waals surface area contributed by atoms with E-state index in [2.05, 4.69) is 9.97 Å². The molecule has 6 nitrogen and oxygen atoms in total. The zero-order valence-corrected chi connectivity index (χ0v) is 6.96. The van der Waals surface area contributed by atoms with Gasteiger partial charge in [0.05, 0.1) is 0 Å². The number of hydrazine groups is 1. The molecule has 0 aromatic carbocycles. The third-order valence-corrected chi connectivity index (χ3v) is 1.39. The second-order valence-corrected chi connectivity index (χ2v) is 2.50. The lowest BCUT2D eigenvalue weighted by Crippen LogP contribution is -2.30. The number of hydrogen-bond donors (Lipinski definition) is 3. The van der Waals surface area contributed by atoms with E-state index in [1.54, 1.807) is 14.0 Å². The zero-order chi connectivity index (χ0) is 9.30. The van der Waals surface area contributed by atoms with Gasteiger partial charge in [-0.1, -0.05) is 0 Å². The third kappa shape index (κ3) is 1.37. The fourth-order valence-electron chi connectivity index (χ4n) is 0.849. The van der Waals surface area contributed by atoms with E-state index < -0.39 is 0 Å². The molecule has 0 radical (unpaired) electrons. The second kappa shape index (κ2) is 2.82. The van der Waals surface area contributed by atoms with Gasteiger partial charge >= 0.3 is 0 Å². The molecule has 0 saturated heterocycles. The van der Waals surface area contributed by atoms with E-state index in [9.17, 15) is 4.79 Å². The highest BCUT2D eigenvalue weighted by Gasteiger charge is 2.07. The van der Waals surface area contributed by atoms with Crippen LogP contribution in [0.25, 0.3) is 0 Å². The third-order valence-electron chi connectivity index (χ3n) is 1.39. The zero-order valence-electron chi connectivity index (χ0n) is 6.96. The fourth-order valence-corrected chi connectivity index (χ4v) is 0.849. The molecular weight excluding hydrogens is 158 g/mol. The molecule has 0 aliphatic rings. The lowest BCUT2D eigenvalue weighted by atomic mass is 10.4. The lowest BCUT2D eigenvalue weighted by Gasteiger charge is -2.12. The molecule has 1 aromatic heterocycles. The smallest absolute Gasteiger partial charge is 0.276 e. The van der Waals surface area contributed by atoms with E-state index in [0.717, 1.165) is 0 Å². The summed E-state index contributed by atoms with van der Waals surface area (Å²) < 4.78 is 0. The van der Waals surface area contributed by atoms with Gasteiger partial charge in [-0.05, 0) is 6.92 Å². The van der Waals surface area contributed by atoms with Crippen LogP contribution in [0.15, 0.2) is 4.79 Å². The van der Waals surface area contributed by atoms with Crippen LogP contribution in [-0.2, 0) is 0 Å². The molecule has 12 heavy (non-hydrogen) atoms. The first-order valence-electron chi connectivity index (χ1n) is 3.37. The van der Waals surface area contributed by atoms with Crippen molar-refractivity contribution in [3.05, 3.63) is 16.2 Å². The maximum Gasteiger partial charge on any atom is 0.276 e. The van der Waals surface area contributed by atoms with Crippen molar-refractivity contribution < 1.29 is 0 Å². The Kier molecular flexibility index (Phi) is 2.01. The van der Waals surface area contributed by atoms with E-state index in [4.69, 9.17) is 11.6 Å². The SMILES string of the molecule is Cc1nc(N(C)N)c(N)c(=O)[nH]1. The van der Waals surface area contributed by atoms with Gasteiger partial charge in [0.1, 0.15) is 11.5 Å². The van der Waals surface area contributed by atoms with Gasteiger partial charge < -0.3 is 10.7 Å². The number of aryl methyl sites for hydroxylation is 1. The maximum absolute atomic E-state index is 11.1. The number of aromatic amines is 1. The summed E-state index contributed by atoms with van der Waals surface area (Å²) in [6.45, 7) is 1.66. The van der Waals surface area contributed by atoms with E-state index in [1.807, 2.05) is 0 Å². The van der Waals surface area contributed by atoms with Crippen molar-refractivity contribution in [3.63, 3.8) is 0 Å². The van der Waals surface area contributed by atoms with E-state index in [-0.39, 0.29) is 17.1 Å². The van der Waals surface area contributed by atoms with Gasteiger partial charge in [-0.15, -0.1) is 0 Å². The predicted octanol–water partition coefficient (Wildman–Crippen LogP) is -1.03. The summed E-state index contributed by atoms with van der Waals surface area (Å²) in [6.07, 6.45) is 0. The Balaban J connectivity index is 3.38. The van der Waals surface area contributed by atoms with Crippen LogP contribution in [-0.4, -0.2) is 17.0 Å². The van der Waals surface area contributed by atoms with Gasteiger partial charge in [0.2, 0.25) is 0 Å². The highest BCUT2D eigenvalue weighted by atomic mass is 16.1. The maximum atomic E-state index is 11.1. The van der Waals surface area contributed by atoms with Gasteiger partial charge in [0, 0.05) is 7.05 Å². The molecule has 1 heterocycles. The van der Waals surface area contributed by atoms with Crippen LogP contribution < -0.4 is 22.1 Å². The highest BCUT2D eigenvalue weighted by Crippen LogP contribution is 2.10. The lowest BCUT2D eigenvalue weighted by molar-refractivity contribution is 0.930. The quantitative estimate of drug-likeness (QED) is 0.368. The first-order chi connectivity index (χ1) is 5.52. The summed E-state index contributed by atoms with van der Waals surface area (Å²) in [5, 5.41) is 1.21. The molecule has 0 aliphatic carbocycles. The highest BCUT2D eigenvalue weighted by molar-refractivity contribution is 5.59. The standard InChI is InChI=1S/C6H11N5O/c1-3-9-5(11(2)8)4(7)6(12)10-3/h7-8H2,1-2H3,(H,9,10,12). The summed E-state index contributed by atoms with van der Waals surface area (Å²) in [4.78, 5) is 17.5. The number of nitrogens with two attached hydrogens (primary N) is 2. The van der Waals surface area contributed by atoms with E-state index in [1.165, 1.54) is 5.01 Å². The van der Waals surface area contributed by atoms with Crippen LogP contribution in [0, 0.1) is 6.92 Å². The summed E-state index contributed by atoms with van der Waals surface area (Å²) in [6, 6.07) is 0. The monoisotopic (exact) mass is 169 g/mol. The van der Waals surface area contributed by atoms with Crippen molar-refractivity contribution >= 4 is 11.5 Å². The van der Waals surface area contributed by atoms with Crippen LogP contribution >= 0.6 is 0 Å². The number of hydrogen-bond acceptors (Lipinski definition) is 5. The Morgan fingerprint density at radius 1 is 1.58 bits per heavy atom. The average Bonchev–Trinajstić information content (AvgIpc) is 1.96. The van der Waals surface area contributed by atoms with Crippen molar-refractivity contribution in [2.24, 2.45) is 5.84 Å². The van der Waals surface area contributed by atoms with Gasteiger partial charge in [0.15, 0.2) is 5.82 Å². The van der Waals surface area contributed by atoms with Crippen molar-refractivity contribution in [3.8, 4) is 0 Å². The molecule has 0 bridgehead atoms. The predicted molar refractivity (Wildman–Crippen MR) is 46.6 cm³/mol. The molecule has 6 heteroatoms. The molecular formula is C6H11N5O. The van der Waals surface area contributed by atoms with Crippen LogP contribution in [0.2, 0.25) is 0 Å². The molecule has 0 unspecified atom stereocenters. The number of rotatable bonds is 1. The fraction of sp³-hybridized carbons (Fsp3) is 0.333. The summed E-state index contributed by atoms with van der Waals surface area (Å²) in [7, 11) is 1.57. The van der Waals surface area contributed by atoms with Crippen molar-refractivity contribution in [2.75, 3.05) is 17.8 Å². The topological polar surface area (TPSA) is 101 Å². The van der Waals surface area contributed by atoms with Crippen LogP contribution in [0.3, 0.4) is 0 Å². The molecule has 1 aromatic rings. The minimum Gasteiger partial charge on any atom is -0.391 e. The molecule has 0 atom stereocenters. The van der Waals surface area contributed by atoms with Gasteiger partial charge in [-0.25, -0.2) is 10.8 Å². The Labute approximate surface area is 69.2 Å². The molecule has 0 saturated carbocycles. The number of nitrogens with zero attached hydrogens (tertiary/aromatic N) is 2. The minimum absolute atomic E-state index is 0.0330. The Hall–Kier alpha value is -1.56. The number of aromatic nitrogens is 2. The molecule has 66 valence electrons. The molecule has 0 amide bonds. The first kappa shape index (κ1) is 8.54. The van der Waals surface area contributed by atoms with Crippen molar-refractivity contribution in [1.82, 2.24) is 9.97 Å². The summed E-state index contributed by atoms with van der Waals surface area (Å²) >= 11 is 0. The first-order valence-corrected chi connectivity index (χ1v) is 3.37. The molecule has 0 spiro atoms. The Morgan fingerprint density at radius 2 is 2.17 bits per heavy atom. The largest absolute Gasteiger partial charge is 0.391 e. The number of H-pyrrole nitrogens is 1. The number of anilines is 2. The van der Waals surface area contributed by atoms with Gasteiger partial charge in [-0.3, -0.25) is 9.80 Å². The average molecular weight is 169 g/mol. The summed E-state index contributed by atoms with van der Waals surface area (Å²) in [5.41, 5.74) is 5.09. The second-order valence-electron chi connectivity index (χ2n) is 2.50. The molecule has 5 N–H and O–H groups in total. The van der Waals surface area contributed by atoms with Gasteiger partial charge in [0.25, 0.3) is 5.56 Å². The van der Waals surface area contributed by atoms with E-state index >= 15 is 0 Å². The van der Waals surface area contributed by atoms with E-state index in [0.29, 0.717) is 5.82 Å². The summed E-state index contributed by atoms with van der Waals surface area (Å²) in [5.74, 6) is 6.17. The molecule has 1 rings (SSSR count). The van der Waals surface area contributed by atoms with Gasteiger partial charge in [-0.2, -0.15) is 0 Å². The minimum atomic E-state index is -0.366. The molecule has 0 fully saturated rings. The number of nitrogens with one attached hydrogen (secondary N) is 1. The van der Waals surface area contributed by atoms with Crippen LogP contribution in [0.5, 0.6) is 0 Å². The van der Waals surface area contributed by atoms with Crippen molar-refractivity contribution in [2.45, 2.75) is 6.92 Å².